The first kappa shape index (κ1) is 21.4. The van der Waals surface area contributed by atoms with E-state index in [9.17, 15) is 18.0 Å². The number of amides is 1. The van der Waals surface area contributed by atoms with Gasteiger partial charge < -0.3 is 10.1 Å². The fourth-order valence-electron chi connectivity index (χ4n) is 2.59. The molecule has 0 bridgehead atoms. The first-order chi connectivity index (χ1) is 13.1. The largest absolute Gasteiger partial charge is 0.454 e. The summed E-state index contributed by atoms with van der Waals surface area (Å²) < 4.78 is 30.2. The molecule has 0 heterocycles. The molecule has 1 amide bonds. The van der Waals surface area contributed by atoms with E-state index in [2.05, 4.69) is 5.32 Å². The Hall–Kier alpha value is -2.87. The van der Waals surface area contributed by atoms with Gasteiger partial charge in [-0.3, -0.25) is 13.9 Å². The molecule has 0 unspecified atom stereocenters. The Labute approximate surface area is 165 Å². The molecule has 2 aromatic carbocycles. The Morgan fingerprint density at radius 1 is 1.04 bits per heavy atom. The number of rotatable bonds is 7. The van der Waals surface area contributed by atoms with Crippen molar-refractivity contribution in [3.63, 3.8) is 0 Å². The zero-order valence-corrected chi connectivity index (χ0v) is 17.2. The number of para-hydroxylation sites is 1. The summed E-state index contributed by atoms with van der Waals surface area (Å²) in [5.74, 6) is -1.31. The van der Waals surface area contributed by atoms with Gasteiger partial charge in [-0.05, 0) is 49.6 Å². The highest BCUT2D eigenvalue weighted by Gasteiger charge is 2.23. The highest BCUT2D eigenvalue weighted by Crippen LogP contribution is 2.22. The maximum atomic E-state index is 12.2. The van der Waals surface area contributed by atoms with Crippen molar-refractivity contribution < 1.29 is 22.7 Å². The van der Waals surface area contributed by atoms with Gasteiger partial charge in [0.15, 0.2) is 6.61 Å². The van der Waals surface area contributed by atoms with E-state index >= 15 is 0 Å². The number of anilines is 2. The number of benzene rings is 2. The Kier molecular flexibility index (Phi) is 6.80. The molecule has 0 saturated heterocycles. The molecule has 8 heteroatoms. The lowest BCUT2D eigenvalue weighted by atomic mass is 10.1. The second-order valence-electron chi connectivity index (χ2n) is 6.58. The number of carbonyl (C=O) groups is 2. The topological polar surface area (TPSA) is 92.8 Å². The third kappa shape index (κ3) is 5.82. The van der Waals surface area contributed by atoms with Crippen LogP contribution in [0.15, 0.2) is 42.5 Å². The third-order valence-electron chi connectivity index (χ3n) is 4.09. The molecule has 0 atom stereocenters. The van der Waals surface area contributed by atoms with Gasteiger partial charge in [-0.15, -0.1) is 0 Å². The molecular weight excluding hydrogens is 380 g/mol. The summed E-state index contributed by atoms with van der Waals surface area (Å²) in [6.45, 7) is 4.49. The predicted octanol–water partition coefficient (Wildman–Crippen LogP) is 2.56. The molecule has 0 aliphatic carbocycles. The van der Waals surface area contributed by atoms with Crippen LogP contribution in [0.1, 0.15) is 16.7 Å². The number of nitrogens with one attached hydrogen (secondary N) is 1. The smallest absolute Gasteiger partial charge is 0.327 e. The van der Waals surface area contributed by atoms with Crippen molar-refractivity contribution in [3.8, 4) is 0 Å². The lowest BCUT2D eigenvalue weighted by molar-refractivity contribution is -0.145. The van der Waals surface area contributed by atoms with Gasteiger partial charge in [0, 0.05) is 5.69 Å². The van der Waals surface area contributed by atoms with E-state index in [1.54, 1.807) is 31.2 Å². The van der Waals surface area contributed by atoms with Crippen LogP contribution in [0.2, 0.25) is 0 Å². The van der Waals surface area contributed by atoms with E-state index in [1.807, 2.05) is 32.0 Å². The maximum Gasteiger partial charge on any atom is 0.327 e. The predicted molar refractivity (Wildman–Crippen MR) is 109 cm³/mol. The molecule has 0 aromatic heterocycles. The summed E-state index contributed by atoms with van der Waals surface area (Å²) in [5.41, 5.74) is 3.60. The van der Waals surface area contributed by atoms with Crippen molar-refractivity contribution in [3.05, 3.63) is 59.2 Å². The number of nitrogens with zero attached hydrogens (tertiary/aromatic N) is 1. The van der Waals surface area contributed by atoms with Crippen LogP contribution in [0.4, 0.5) is 11.4 Å². The van der Waals surface area contributed by atoms with Gasteiger partial charge in [-0.25, -0.2) is 8.42 Å². The molecule has 1 N–H and O–H groups in total. The maximum absolute atomic E-state index is 12.2. The van der Waals surface area contributed by atoms with E-state index in [0.717, 1.165) is 21.7 Å². The van der Waals surface area contributed by atoms with Crippen LogP contribution in [0.3, 0.4) is 0 Å². The lowest BCUT2D eigenvalue weighted by Gasteiger charge is -2.23. The van der Waals surface area contributed by atoms with Crippen LogP contribution >= 0.6 is 0 Å². The van der Waals surface area contributed by atoms with E-state index < -0.39 is 35.1 Å². The average molecular weight is 404 g/mol. The Bertz CT molecular complexity index is 986. The molecule has 0 radical (unpaired) electrons. The molecule has 2 rings (SSSR count). The molecular formula is C20H24N2O5S. The summed E-state index contributed by atoms with van der Waals surface area (Å²) in [6.07, 6.45) is 1.01. The number of carbonyl (C=O) groups excluding carboxylic acids is 2. The first-order valence-corrected chi connectivity index (χ1v) is 10.5. The van der Waals surface area contributed by atoms with Crippen LogP contribution in [0.25, 0.3) is 0 Å². The van der Waals surface area contributed by atoms with E-state index in [-0.39, 0.29) is 0 Å². The van der Waals surface area contributed by atoms with Crippen molar-refractivity contribution in [2.75, 3.05) is 29.0 Å². The van der Waals surface area contributed by atoms with Crippen LogP contribution in [-0.2, 0) is 24.3 Å². The van der Waals surface area contributed by atoms with Crippen molar-refractivity contribution in [1.82, 2.24) is 0 Å². The Balaban J connectivity index is 2.00. The lowest BCUT2D eigenvalue weighted by Crippen LogP contribution is -2.37. The van der Waals surface area contributed by atoms with Crippen LogP contribution < -0.4 is 9.62 Å². The Morgan fingerprint density at radius 2 is 1.71 bits per heavy atom. The summed E-state index contributed by atoms with van der Waals surface area (Å²) in [6, 6.07) is 12.4. The minimum Gasteiger partial charge on any atom is -0.454 e. The molecule has 28 heavy (non-hydrogen) atoms. The zero-order valence-electron chi connectivity index (χ0n) is 16.4. The van der Waals surface area contributed by atoms with Gasteiger partial charge in [0.05, 0.1) is 11.9 Å². The highest BCUT2D eigenvalue weighted by atomic mass is 32.2. The summed E-state index contributed by atoms with van der Waals surface area (Å²) in [4.78, 5) is 24.2. The van der Waals surface area contributed by atoms with Crippen LogP contribution in [0, 0.1) is 20.8 Å². The summed E-state index contributed by atoms with van der Waals surface area (Å²) >= 11 is 0. The van der Waals surface area contributed by atoms with Crippen LogP contribution in [-0.4, -0.2) is 39.7 Å². The monoisotopic (exact) mass is 404 g/mol. The number of ether oxygens (including phenoxy) is 1. The van der Waals surface area contributed by atoms with Gasteiger partial charge in [0.2, 0.25) is 10.0 Å². The van der Waals surface area contributed by atoms with Crippen molar-refractivity contribution in [2.24, 2.45) is 0 Å². The fourth-order valence-corrected chi connectivity index (χ4v) is 3.49. The fraction of sp³-hybridized carbons (Fsp3) is 0.300. The zero-order chi connectivity index (χ0) is 20.9. The number of hydrogen-bond donors (Lipinski definition) is 1. The number of aryl methyl sites for hydroxylation is 3. The van der Waals surface area contributed by atoms with E-state index in [4.69, 9.17) is 4.74 Å². The van der Waals surface area contributed by atoms with Gasteiger partial charge in [0.1, 0.15) is 6.54 Å². The molecule has 7 nitrogen and oxygen atoms in total. The van der Waals surface area contributed by atoms with Gasteiger partial charge in [-0.2, -0.15) is 0 Å². The number of sulfonamides is 1. The minimum absolute atomic E-state index is 0.391. The number of esters is 1. The van der Waals surface area contributed by atoms with Crippen molar-refractivity contribution >= 4 is 33.3 Å². The summed E-state index contributed by atoms with van der Waals surface area (Å²) in [5, 5.41) is 2.68. The van der Waals surface area contributed by atoms with Gasteiger partial charge in [-0.1, -0.05) is 30.3 Å². The minimum atomic E-state index is -3.70. The Morgan fingerprint density at radius 3 is 2.36 bits per heavy atom. The van der Waals surface area contributed by atoms with E-state index in [1.165, 1.54) is 0 Å². The molecule has 0 aliphatic heterocycles. The molecule has 0 saturated carbocycles. The quantitative estimate of drug-likeness (QED) is 0.716. The SMILES string of the molecule is Cc1ccc(C)c(NC(=O)COC(=O)CN(c2ccccc2C)S(C)(=O)=O)c1. The second kappa shape index (κ2) is 8.88. The first-order valence-electron chi connectivity index (χ1n) is 8.64. The summed E-state index contributed by atoms with van der Waals surface area (Å²) in [7, 11) is -3.70. The number of hydrogen-bond acceptors (Lipinski definition) is 5. The standard InChI is InChI=1S/C20H24N2O5S/c1-14-9-10-15(2)17(11-14)21-19(23)13-27-20(24)12-22(28(4,25)26)18-8-6-5-7-16(18)3/h5-11H,12-13H2,1-4H3,(H,21,23). The van der Waals surface area contributed by atoms with E-state index in [0.29, 0.717) is 16.9 Å². The average Bonchev–Trinajstić information content (AvgIpc) is 2.61. The molecule has 150 valence electrons. The van der Waals surface area contributed by atoms with Gasteiger partial charge in [0.25, 0.3) is 5.91 Å². The molecule has 0 aliphatic rings. The van der Waals surface area contributed by atoms with Crippen molar-refractivity contribution in [2.45, 2.75) is 20.8 Å². The highest BCUT2D eigenvalue weighted by molar-refractivity contribution is 7.92. The molecule has 0 spiro atoms. The molecule has 0 fully saturated rings. The van der Waals surface area contributed by atoms with Crippen molar-refractivity contribution in [1.29, 1.82) is 0 Å². The normalized spacial score (nSPS) is 11.0. The third-order valence-corrected chi connectivity index (χ3v) is 5.22. The molecule has 2 aromatic rings. The van der Waals surface area contributed by atoms with Crippen LogP contribution in [0.5, 0.6) is 0 Å². The van der Waals surface area contributed by atoms with Gasteiger partial charge >= 0.3 is 5.97 Å². The second-order valence-corrected chi connectivity index (χ2v) is 8.49.